The van der Waals surface area contributed by atoms with E-state index in [9.17, 15) is 18.0 Å². The molecule has 0 saturated carbocycles. The lowest BCUT2D eigenvalue weighted by molar-refractivity contribution is -0.137. The standard InChI is InChI=1S/C20H23F3N4O/c1-19-11-15(13-4-2-5-14(10-13)20(21,22)23)27(12-17-24-8-9-25-17)16(19)6-3-7-18(28)26-19/h2,4-5,8-10,15-16H,3,6-7,11-12H2,1H3,(H,24,25)(H,26,28)/t15-,16-,19-/m0/s1. The highest BCUT2D eigenvalue weighted by Crippen LogP contribution is 2.46. The molecule has 2 aromatic rings. The van der Waals surface area contributed by atoms with Gasteiger partial charge < -0.3 is 10.3 Å². The molecule has 0 bridgehead atoms. The first-order valence-corrected chi connectivity index (χ1v) is 9.48. The van der Waals surface area contributed by atoms with Crippen LogP contribution in [0.2, 0.25) is 0 Å². The van der Waals surface area contributed by atoms with Crippen LogP contribution in [-0.2, 0) is 17.5 Å². The number of H-pyrrole nitrogens is 1. The fraction of sp³-hybridized carbons (Fsp3) is 0.500. The lowest BCUT2D eigenvalue weighted by Crippen LogP contribution is -2.52. The van der Waals surface area contributed by atoms with Gasteiger partial charge in [0.05, 0.1) is 17.6 Å². The minimum Gasteiger partial charge on any atom is -0.349 e. The number of halogens is 3. The van der Waals surface area contributed by atoms with E-state index >= 15 is 0 Å². The van der Waals surface area contributed by atoms with Crippen LogP contribution in [-0.4, -0.2) is 32.4 Å². The van der Waals surface area contributed by atoms with Gasteiger partial charge in [-0.05, 0) is 43.9 Å². The molecule has 0 unspecified atom stereocenters. The number of imidazole rings is 1. The van der Waals surface area contributed by atoms with Gasteiger partial charge in [0.25, 0.3) is 0 Å². The summed E-state index contributed by atoms with van der Waals surface area (Å²) < 4.78 is 39.7. The molecule has 1 aromatic carbocycles. The van der Waals surface area contributed by atoms with Gasteiger partial charge in [-0.2, -0.15) is 13.2 Å². The van der Waals surface area contributed by atoms with E-state index in [1.165, 1.54) is 12.1 Å². The zero-order valence-electron chi connectivity index (χ0n) is 15.6. The number of nitrogens with zero attached hydrogens (tertiary/aromatic N) is 2. The van der Waals surface area contributed by atoms with Gasteiger partial charge in [-0.15, -0.1) is 0 Å². The van der Waals surface area contributed by atoms with E-state index in [1.54, 1.807) is 18.5 Å². The summed E-state index contributed by atoms with van der Waals surface area (Å²) in [7, 11) is 0. The number of aromatic amines is 1. The fourth-order valence-corrected chi connectivity index (χ4v) is 4.70. The second kappa shape index (κ2) is 6.92. The number of hydrogen-bond acceptors (Lipinski definition) is 3. The first-order chi connectivity index (χ1) is 13.3. The molecule has 0 spiro atoms. The molecule has 150 valence electrons. The smallest absolute Gasteiger partial charge is 0.349 e. The Hall–Kier alpha value is -2.35. The number of amides is 1. The van der Waals surface area contributed by atoms with E-state index in [-0.39, 0.29) is 18.0 Å². The molecule has 1 amide bonds. The molecule has 2 N–H and O–H groups in total. The third-order valence-electron chi connectivity index (χ3n) is 5.95. The molecule has 1 aromatic heterocycles. The molecule has 3 atom stereocenters. The highest BCUT2D eigenvalue weighted by atomic mass is 19.4. The van der Waals surface area contributed by atoms with Gasteiger partial charge in [0.2, 0.25) is 5.91 Å². The maximum atomic E-state index is 13.2. The van der Waals surface area contributed by atoms with Gasteiger partial charge in [-0.25, -0.2) is 4.98 Å². The summed E-state index contributed by atoms with van der Waals surface area (Å²) in [6.45, 7) is 2.49. The monoisotopic (exact) mass is 392 g/mol. The molecule has 28 heavy (non-hydrogen) atoms. The number of likely N-dealkylation sites (tertiary alicyclic amines) is 1. The molecule has 2 aliphatic heterocycles. The molecule has 3 heterocycles. The van der Waals surface area contributed by atoms with Crippen molar-refractivity contribution in [1.29, 1.82) is 0 Å². The molecule has 0 aliphatic carbocycles. The van der Waals surface area contributed by atoms with E-state index < -0.39 is 17.3 Å². The molecule has 8 heteroatoms. The van der Waals surface area contributed by atoms with E-state index in [0.29, 0.717) is 24.9 Å². The number of hydrogen-bond donors (Lipinski definition) is 2. The number of fused-ring (bicyclic) bond motifs is 1. The fourth-order valence-electron chi connectivity index (χ4n) is 4.70. The van der Waals surface area contributed by atoms with Gasteiger partial charge in [-0.1, -0.05) is 12.1 Å². The Labute approximate surface area is 161 Å². The van der Waals surface area contributed by atoms with E-state index in [0.717, 1.165) is 24.7 Å². The van der Waals surface area contributed by atoms with Crippen LogP contribution in [0.25, 0.3) is 0 Å². The summed E-state index contributed by atoms with van der Waals surface area (Å²) in [6, 6.07) is 5.32. The largest absolute Gasteiger partial charge is 0.416 e. The molecule has 0 radical (unpaired) electrons. The van der Waals surface area contributed by atoms with Crippen LogP contribution in [0.5, 0.6) is 0 Å². The van der Waals surface area contributed by atoms with Crippen molar-refractivity contribution in [3.05, 3.63) is 53.6 Å². The number of nitrogens with one attached hydrogen (secondary N) is 2. The third kappa shape index (κ3) is 3.53. The topological polar surface area (TPSA) is 61.0 Å². The van der Waals surface area contributed by atoms with Crippen molar-refractivity contribution < 1.29 is 18.0 Å². The van der Waals surface area contributed by atoms with Crippen molar-refractivity contribution >= 4 is 5.91 Å². The number of rotatable bonds is 3. The molecule has 2 saturated heterocycles. The molecular weight excluding hydrogens is 369 g/mol. The first-order valence-electron chi connectivity index (χ1n) is 9.48. The lowest BCUT2D eigenvalue weighted by Gasteiger charge is -2.34. The van der Waals surface area contributed by atoms with E-state index in [4.69, 9.17) is 0 Å². The molecular formula is C20H23F3N4O. The van der Waals surface area contributed by atoms with Crippen LogP contribution in [0.4, 0.5) is 13.2 Å². The number of aromatic nitrogens is 2. The summed E-state index contributed by atoms with van der Waals surface area (Å²) in [4.78, 5) is 21.8. The molecule has 2 fully saturated rings. The Balaban J connectivity index is 1.73. The third-order valence-corrected chi connectivity index (χ3v) is 5.95. The van der Waals surface area contributed by atoms with Crippen molar-refractivity contribution in [1.82, 2.24) is 20.2 Å². The normalized spacial score (nSPS) is 28.6. The van der Waals surface area contributed by atoms with Gasteiger partial charge >= 0.3 is 6.18 Å². The number of alkyl halides is 3. The SMILES string of the molecule is C[C@]12C[C@@H](c3cccc(C(F)(F)F)c3)N(Cc3ncc[nH]3)[C@H]1CCCC(=O)N2. The second-order valence-electron chi connectivity index (χ2n) is 7.93. The molecule has 4 rings (SSSR count). The summed E-state index contributed by atoms with van der Waals surface area (Å²) in [5, 5.41) is 3.14. The van der Waals surface area contributed by atoms with Crippen molar-refractivity contribution in [2.45, 2.75) is 63.0 Å². The Kier molecular flexibility index (Phi) is 4.69. The minimum absolute atomic E-state index is 0.00707. The van der Waals surface area contributed by atoms with Crippen molar-refractivity contribution in [2.24, 2.45) is 0 Å². The maximum Gasteiger partial charge on any atom is 0.416 e. The Bertz CT molecular complexity index is 851. The summed E-state index contributed by atoms with van der Waals surface area (Å²) in [5.74, 6) is 0.768. The van der Waals surface area contributed by atoms with Gasteiger partial charge in [0, 0.05) is 30.9 Å². The number of benzene rings is 1. The Morgan fingerprint density at radius 3 is 2.89 bits per heavy atom. The van der Waals surface area contributed by atoms with Crippen LogP contribution in [0.15, 0.2) is 36.7 Å². The van der Waals surface area contributed by atoms with Gasteiger partial charge in [0.15, 0.2) is 0 Å². The number of carbonyl (C=O) groups is 1. The lowest BCUT2D eigenvalue weighted by atomic mass is 9.88. The number of carbonyl (C=O) groups excluding carboxylic acids is 1. The van der Waals surface area contributed by atoms with Crippen LogP contribution in [0, 0.1) is 0 Å². The Morgan fingerprint density at radius 2 is 2.18 bits per heavy atom. The summed E-state index contributed by atoms with van der Waals surface area (Å²) in [6.07, 6.45) is 1.63. The first kappa shape index (κ1) is 19.0. The van der Waals surface area contributed by atoms with Crippen molar-refractivity contribution in [2.75, 3.05) is 0 Å². The average Bonchev–Trinajstić information content (AvgIpc) is 3.19. The zero-order chi connectivity index (χ0) is 19.9. The van der Waals surface area contributed by atoms with Crippen LogP contribution < -0.4 is 5.32 Å². The quantitative estimate of drug-likeness (QED) is 0.835. The van der Waals surface area contributed by atoms with Gasteiger partial charge in [0.1, 0.15) is 5.82 Å². The van der Waals surface area contributed by atoms with Gasteiger partial charge in [-0.3, -0.25) is 9.69 Å². The highest BCUT2D eigenvalue weighted by Gasteiger charge is 2.51. The van der Waals surface area contributed by atoms with E-state index in [1.807, 2.05) is 6.92 Å². The highest BCUT2D eigenvalue weighted by molar-refractivity contribution is 5.77. The molecule has 2 aliphatic rings. The summed E-state index contributed by atoms with van der Waals surface area (Å²) in [5.41, 5.74) is -0.520. The van der Waals surface area contributed by atoms with Crippen LogP contribution in [0.3, 0.4) is 0 Å². The van der Waals surface area contributed by atoms with E-state index in [2.05, 4.69) is 20.2 Å². The zero-order valence-corrected chi connectivity index (χ0v) is 15.6. The van der Waals surface area contributed by atoms with Crippen molar-refractivity contribution in [3.8, 4) is 0 Å². The second-order valence-corrected chi connectivity index (χ2v) is 7.93. The van der Waals surface area contributed by atoms with Crippen molar-refractivity contribution in [3.63, 3.8) is 0 Å². The maximum absolute atomic E-state index is 13.2. The molecule has 5 nitrogen and oxygen atoms in total. The predicted molar refractivity (Wildman–Crippen MR) is 97.1 cm³/mol. The predicted octanol–water partition coefficient (Wildman–Crippen LogP) is 3.80. The Morgan fingerprint density at radius 1 is 1.36 bits per heavy atom. The minimum atomic E-state index is -4.39. The van der Waals surface area contributed by atoms with Crippen LogP contribution >= 0.6 is 0 Å². The average molecular weight is 392 g/mol. The van der Waals surface area contributed by atoms with Crippen LogP contribution in [0.1, 0.15) is 55.6 Å². The summed E-state index contributed by atoms with van der Waals surface area (Å²) >= 11 is 0.